The highest BCUT2D eigenvalue weighted by atomic mass is 28.4. The Labute approximate surface area is 216 Å². The second-order valence-electron chi connectivity index (χ2n) is 14.3. The molecule has 0 radical (unpaired) electrons. The molecule has 0 spiro atoms. The second-order valence-corrected chi connectivity index (χ2v) is 28.2. The van der Waals surface area contributed by atoms with Gasteiger partial charge in [-0.15, -0.1) is 0 Å². The van der Waals surface area contributed by atoms with Crippen LogP contribution in [-0.4, -0.2) is 49.6 Å². The average Bonchev–Trinajstić information content (AvgIpc) is 2.59. The third kappa shape index (κ3) is 10.9. The van der Waals surface area contributed by atoms with Crippen LogP contribution in [-0.2, 0) is 18.1 Å². The zero-order chi connectivity index (χ0) is 27.3. The fourth-order valence-electron chi connectivity index (χ4n) is 3.62. The van der Waals surface area contributed by atoms with Crippen molar-refractivity contribution in [2.24, 2.45) is 11.8 Å². The molecule has 0 amide bonds. The molecule has 0 saturated heterocycles. The first-order valence-corrected chi connectivity index (χ1v) is 22.3. The third-order valence-electron chi connectivity index (χ3n) is 7.72. The van der Waals surface area contributed by atoms with E-state index in [0.29, 0.717) is 0 Å². The summed E-state index contributed by atoms with van der Waals surface area (Å²) in [5.41, 5.74) is 0. The minimum absolute atomic E-state index is 0.0160. The van der Waals surface area contributed by atoms with E-state index >= 15 is 0 Å². The maximum Gasteiger partial charge on any atom is 0.192 e. The molecule has 0 aliphatic heterocycles. The highest BCUT2D eigenvalue weighted by molar-refractivity contribution is 6.74. The molecule has 0 saturated carbocycles. The quantitative estimate of drug-likeness (QED) is 0.136. The maximum atomic E-state index is 11.0. The summed E-state index contributed by atoms with van der Waals surface area (Å²) < 4.78 is 20.6. The zero-order valence-electron chi connectivity index (χ0n) is 25.5. The fourth-order valence-corrected chi connectivity index (χ4v) is 7.75. The number of aldehydes is 1. The first-order chi connectivity index (χ1) is 14.9. The molecule has 0 N–H and O–H groups in total. The van der Waals surface area contributed by atoms with Gasteiger partial charge in [-0.3, -0.25) is 4.79 Å². The van der Waals surface area contributed by atoms with E-state index in [4.69, 9.17) is 13.3 Å². The van der Waals surface area contributed by atoms with Crippen LogP contribution in [0.3, 0.4) is 0 Å². The Morgan fingerprint density at radius 1 is 0.735 bits per heavy atom. The molecule has 5 atom stereocenters. The molecule has 34 heavy (non-hydrogen) atoms. The molecule has 0 rings (SSSR count). The minimum atomic E-state index is -2.02. The van der Waals surface area contributed by atoms with E-state index in [1.807, 2.05) is 6.08 Å². The molecule has 0 unspecified atom stereocenters. The molecule has 0 fully saturated rings. The highest BCUT2D eigenvalue weighted by Gasteiger charge is 2.44. The van der Waals surface area contributed by atoms with E-state index in [1.54, 1.807) is 6.08 Å². The summed E-state index contributed by atoms with van der Waals surface area (Å²) in [6.45, 7) is 36.4. The van der Waals surface area contributed by atoms with Crippen molar-refractivity contribution >= 4 is 31.2 Å². The summed E-state index contributed by atoms with van der Waals surface area (Å²) in [6, 6.07) is 0. The van der Waals surface area contributed by atoms with Crippen molar-refractivity contribution in [1.29, 1.82) is 0 Å². The number of hydrogen-bond acceptors (Lipinski definition) is 4. The molecule has 0 heterocycles. The summed E-state index contributed by atoms with van der Waals surface area (Å²) in [6.07, 6.45) is 5.39. The Kier molecular flexibility index (Phi) is 12.4. The predicted octanol–water partition coefficient (Wildman–Crippen LogP) is 8.42. The monoisotopic (exact) mass is 530 g/mol. The molecule has 0 aliphatic carbocycles. The number of rotatable bonds is 13. The first-order valence-electron chi connectivity index (χ1n) is 13.1. The average molecular weight is 531 g/mol. The summed E-state index contributed by atoms with van der Waals surface area (Å²) in [5.74, 6) is 0.284. The molecular formula is C27H58O4Si3. The first kappa shape index (κ1) is 33.9. The lowest BCUT2D eigenvalue weighted by Crippen LogP contribution is -2.51. The topological polar surface area (TPSA) is 44.8 Å². The van der Waals surface area contributed by atoms with Crippen LogP contribution >= 0.6 is 0 Å². The van der Waals surface area contributed by atoms with Gasteiger partial charge in [0.1, 0.15) is 6.29 Å². The van der Waals surface area contributed by atoms with Crippen LogP contribution in [0.4, 0.5) is 0 Å². The van der Waals surface area contributed by atoms with Gasteiger partial charge in [0, 0.05) is 12.0 Å². The second kappa shape index (κ2) is 12.5. The van der Waals surface area contributed by atoms with Crippen molar-refractivity contribution in [3.63, 3.8) is 0 Å². The molecule has 0 aromatic heterocycles. The van der Waals surface area contributed by atoms with E-state index in [0.717, 1.165) is 12.7 Å². The Hall–Kier alpha value is -0.0594. The molecule has 0 aromatic carbocycles. The summed E-state index contributed by atoms with van der Waals surface area (Å²) in [7, 11) is -5.73. The van der Waals surface area contributed by atoms with Crippen LogP contribution in [0.5, 0.6) is 0 Å². The molecular weight excluding hydrogens is 473 g/mol. The van der Waals surface area contributed by atoms with E-state index in [-0.39, 0.29) is 40.2 Å². The largest absolute Gasteiger partial charge is 0.414 e. The SMILES string of the molecule is C[C@H]([C@@H](O[Si](C)(C)C)[C@@H](C)/C=C/C=O)[C@H](C[C@@H](C)O[Si](C)(C)C(C)(C)C)O[Si](C)(C)C(C)(C)C. The van der Waals surface area contributed by atoms with Crippen molar-refractivity contribution in [3.8, 4) is 0 Å². The lowest BCUT2D eigenvalue weighted by atomic mass is 9.87. The lowest BCUT2D eigenvalue weighted by molar-refractivity contribution is -0.104. The molecule has 0 aliphatic rings. The van der Waals surface area contributed by atoms with Gasteiger partial charge in [0.2, 0.25) is 0 Å². The zero-order valence-corrected chi connectivity index (χ0v) is 28.5. The molecule has 202 valence electrons. The Bertz CT molecular complexity index is 654. The highest BCUT2D eigenvalue weighted by Crippen LogP contribution is 2.41. The Morgan fingerprint density at radius 2 is 1.18 bits per heavy atom. The van der Waals surface area contributed by atoms with Crippen LogP contribution < -0.4 is 0 Å². The van der Waals surface area contributed by atoms with Crippen LogP contribution in [0.1, 0.15) is 68.7 Å². The smallest absolute Gasteiger partial charge is 0.192 e. The van der Waals surface area contributed by atoms with Gasteiger partial charge in [-0.05, 0) is 81.2 Å². The van der Waals surface area contributed by atoms with Crippen LogP contribution in [0, 0.1) is 11.8 Å². The van der Waals surface area contributed by atoms with Gasteiger partial charge >= 0.3 is 0 Å². The van der Waals surface area contributed by atoms with E-state index in [2.05, 4.69) is 108 Å². The normalized spacial score (nSPS) is 19.1. The van der Waals surface area contributed by atoms with Crippen molar-refractivity contribution in [3.05, 3.63) is 12.2 Å². The van der Waals surface area contributed by atoms with Crippen LogP contribution in [0.25, 0.3) is 0 Å². The Morgan fingerprint density at radius 3 is 1.56 bits per heavy atom. The van der Waals surface area contributed by atoms with E-state index in [9.17, 15) is 4.79 Å². The van der Waals surface area contributed by atoms with Crippen molar-refractivity contribution in [2.45, 2.75) is 143 Å². The van der Waals surface area contributed by atoms with Gasteiger partial charge in [0.05, 0.1) is 12.2 Å². The summed E-state index contributed by atoms with van der Waals surface area (Å²) >= 11 is 0. The van der Waals surface area contributed by atoms with Crippen LogP contribution in [0.2, 0.25) is 55.9 Å². The standard InChI is InChI=1S/C27H58O4Si3/c1-21(18-17-19-28)25(31-32(10,11)12)23(3)24(30-34(15,16)27(7,8)9)20-22(2)29-33(13,14)26(4,5)6/h17-19,21-25H,20H2,1-16H3/b18-17+/t21-,22+,23-,24-,25-/m0/s1. The summed E-state index contributed by atoms with van der Waals surface area (Å²) in [4.78, 5) is 11.0. The predicted molar refractivity (Wildman–Crippen MR) is 156 cm³/mol. The van der Waals surface area contributed by atoms with E-state index < -0.39 is 25.0 Å². The number of hydrogen-bond donors (Lipinski definition) is 0. The van der Waals surface area contributed by atoms with Gasteiger partial charge in [-0.25, -0.2) is 0 Å². The van der Waals surface area contributed by atoms with Gasteiger partial charge < -0.3 is 13.3 Å². The van der Waals surface area contributed by atoms with Gasteiger partial charge in [0.15, 0.2) is 25.0 Å². The van der Waals surface area contributed by atoms with Crippen LogP contribution in [0.15, 0.2) is 12.2 Å². The lowest BCUT2D eigenvalue weighted by Gasteiger charge is -2.45. The number of carbonyl (C=O) groups is 1. The van der Waals surface area contributed by atoms with E-state index in [1.165, 1.54) is 0 Å². The van der Waals surface area contributed by atoms with Crippen molar-refractivity contribution in [1.82, 2.24) is 0 Å². The fraction of sp³-hybridized carbons (Fsp3) is 0.889. The maximum absolute atomic E-state index is 11.0. The van der Waals surface area contributed by atoms with Gasteiger partial charge in [-0.1, -0.05) is 61.5 Å². The number of allylic oxidation sites excluding steroid dienone is 1. The molecule has 0 aromatic rings. The summed E-state index contributed by atoms with van der Waals surface area (Å²) in [5, 5.41) is 0.285. The van der Waals surface area contributed by atoms with Crippen molar-refractivity contribution in [2.75, 3.05) is 0 Å². The van der Waals surface area contributed by atoms with Crippen molar-refractivity contribution < 1.29 is 18.1 Å². The molecule has 7 heteroatoms. The Balaban J connectivity index is 6.19. The van der Waals surface area contributed by atoms with Gasteiger partial charge in [-0.2, -0.15) is 0 Å². The van der Waals surface area contributed by atoms with Gasteiger partial charge in [0.25, 0.3) is 0 Å². The molecule has 4 nitrogen and oxygen atoms in total. The minimum Gasteiger partial charge on any atom is -0.414 e. The molecule has 0 bridgehead atoms. The third-order valence-corrected chi connectivity index (χ3v) is 17.8. The number of carbonyl (C=O) groups excluding carboxylic acids is 1.